The number of cyclic esters (lactones) is 1. The van der Waals surface area contributed by atoms with Crippen LogP contribution in [0.1, 0.15) is 44.7 Å². The van der Waals surface area contributed by atoms with Crippen molar-refractivity contribution in [2.45, 2.75) is 45.1 Å². The summed E-state index contributed by atoms with van der Waals surface area (Å²) >= 11 is 0. The van der Waals surface area contributed by atoms with E-state index >= 15 is 0 Å². The van der Waals surface area contributed by atoms with Crippen LogP contribution in [0, 0.1) is 35.4 Å². The molecule has 1 aromatic heterocycles. The fraction of sp³-hybridized carbons (Fsp3) is 0.462. The zero-order chi connectivity index (χ0) is 20.7. The molecule has 3 fully saturated rings. The maximum Gasteiger partial charge on any atom is 0.309 e. The second-order valence-corrected chi connectivity index (χ2v) is 9.19. The lowest BCUT2D eigenvalue weighted by atomic mass is 9.57. The van der Waals surface area contributed by atoms with Gasteiger partial charge in [0.15, 0.2) is 0 Å². The number of pyridine rings is 1. The van der Waals surface area contributed by atoms with E-state index in [2.05, 4.69) is 24.1 Å². The van der Waals surface area contributed by atoms with Crippen LogP contribution in [0.5, 0.6) is 0 Å². The Balaban J connectivity index is 1.39. The van der Waals surface area contributed by atoms with Gasteiger partial charge in [-0.3, -0.25) is 9.78 Å². The van der Waals surface area contributed by atoms with E-state index in [-0.39, 0.29) is 29.7 Å². The van der Waals surface area contributed by atoms with Gasteiger partial charge in [-0.1, -0.05) is 43.5 Å². The van der Waals surface area contributed by atoms with E-state index < -0.39 is 0 Å². The maximum absolute atomic E-state index is 13.5. The van der Waals surface area contributed by atoms with E-state index in [1.165, 1.54) is 37.8 Å². The first-order valence-electron chi connectivity index (χ1n) is 11.2. The van der Waals surface area contributed by atoms with Crippen molar-refractivity contribution in [1.29, 1.82) is 0 Å². The molecule has 0 spiro atoms. The Bertz CT molecular complexity index is 954. The number of esters is 1. The van der Waals surface area contributed by atoms with Gasteiger partial charge in [0.05, 0.1) is 11.6 Å². The molecule has 2 saturated carbocycles. The predicted octanol–water partition coefficient (Wildman–Crippen LogP) is 5.90. The first kappa shape index (κ1) is 19.5. The van der Waals surface area contributed by atoms with Crippen molar-refractivity contribution in [2.24, 2.45) is 29.6 Å². The van der Waals surface area contributed by atoms with Gasteiger partial charge in [0, 0.05) is 17.7 Å². The van der Waals surface area contributed by atoms with Gasteiger partial charge in [0.2, 0.25) is 0 Å². The summed E-state index contributed by atoms with van der Waals surface area (Å²) in [7, 11) is 0. The molecule has 0 bridgehead atoms. The van der Waals surface area contributed by atoms with Crippen LogP contribution < -0.4 is 0 Å². The summed E-state index contributed by atoms with van der Waals surface area (Å²) in [6.07, 6.45) is 12.2. The Morgan fingerprint density at radius 1 is 1.13 bits per heavy atom. The fourth-order valence-corrected chi connectivity index (χ4v) is 6.14. The van der Waals surface area contributed by atoms with Crippen LogP contribution in [-0.4, -0.2) is 17.1 Å². The van der Waals surface area contributed by atoms with Crippen molar-refractivity contribution in [3.05, 3.63) is 60.2 Å². The normalized spacial score (nSPS) is 33.2. The highest BCUT2D eigenvalue weighted by Crippen LogP contribution is 2.53. The zero-order valence-electron chi connectivity index (χ0n) is 17.3. The largest absolute Gasteiger partial charge is 0.462 e. The number of nitrogens with zero attached hydrogens (tertiary/aromatic N) is 1. The van der Waals surface area contributed by atoms with Gasteiger partial charge in [0.1, 0.15) is 11.9 Å². The average Bonchev–Trinajstić information content (AvgIpc) is 3.05. The van der Waals surface area contributed by atoms with Crippen molar-refractivity contribution in [3.8, 4) is 11.1 Å². The van der Waals surface area contributed by atoms with E-state index in [0.717, 1.165) is 23.2 Å². The van der Waals surface area contributed by atoms with Crippen LogP contribution >= 0.6 is 0 Å². The lowest BCUT2D eigenvalue weighted by molar-refractivity contribution is -0.144. The molecule has 1 aliphatic heterocycles. The Morgan fingerprint density at radius 2 is 2.00 bits per heavy atom. The van der Waals surface area contributed by atoms with E-state index in [9.17, 15) is 9.18 Å². The number of ether oxygens (including phenoxy) is 1. The Morgan fingerprint density at radius 3 is 2.80 bits per heavy atom. The van der Waals surface area contributed by atoms with Gasteiger partial charge in [-0.05, 0) is 67.4 Å². The van der Waals surface area contributed by atoms with Crippen molar-refractivity contribution in [1.82, 2.24) is 4.98 Å². The predicted molar refractivity (Wildman–Crippen MR) is 115 cm³/mol. The topological polar surface area (TPSA) is 39.2 Å². The maximum atomic E-state index is 13.5. The van der Waals surface area contributed by atoms with Crippen LogP contribution in [0.25, 0.3) is 17.2 Å². The minimum Gasteiger partial charge on any atom is -0.462 e. The molecule has 2 aromatic rings. The molecule has 1 saturated heterocycles. The SMILES string of the molecule is CC1OC(=O)[C@H]2CC3CCCCC3[C@@H](/C=C/c3ccc(-c4cccc(F)c4)cn3)[C@@H]12. The Labute approximate surface area is 177 Å². The van der Waals surface area contributed by atoms with Crippen molar-refractivity contribution in [2.75, 3.05) is 0 Å². The first-order chi connectivity index (χ1) is 14.6. The molecule has 156 valence electrons. The van der Waals surface area contributed by atoms with Crippen LogP contribution in [0.2, 0.25) is 0 Å². The summed E-state index contributed by atoms with van der Waals surface area (Å²) in [5.74, 6) is 1.73. The smallest absolute Gasteiger partial charge is 0.309 e. The summed E-state index contributed by atoms with van der Waals surface area (Å²) < 4.78 is 19.1. The highest BCUT2D eigenvalue weighted by molar-refractivity contribution is 5.75. The van der Waals surface area contributed by atoms with Gasteiger partial charge in [-0.2, -0.15) is 0 Å². The van der Waals surface area contributed by atoms with Gasteiger partial charge in [0.25, 0.3) is 0 Å². The molecule has 3 aliphatic rings. The van der Waals surface area contributed by atoms with Crippen LogP contribution in [0.3, 0.4) is 0 Å². The Hall–Kier alpha value is -2.49. The molecule has 6 atom stereocenters. The van der Waals surface area contributed by atoms with Crippen LogP contribution in [0.15, 0.2) is 48.7 Å². The van der Waals surface area contributed by atoms with Gasteiger partial charge >= 0.3 is 5.97 Å². The molecule has 0 N–H and O–H groups in total. The number of hydrogen-bond acceptors (Lipinski definition) is 3. The molecule has 5 rings (SSSR count). The van der Waals surface area contributed by atoms with Gasteiger partial charge in [-0.25, -0.2) is 4.39 Å². The number of hydrogen-bond donors (Lipinski definition) is 0. The fourth-order valence-electron chi connectivity index (χ4n) is 6.14. The quantitative estimate of drug-likeness (QED) is 0.597. The molecule has 30 heavy (non-hydrogen) atoms. The molecular formula is C26H28FNO2. The highest BCUT2D eigenvalue weighted by Gasteiger charge is 2.53. The third kappa shape index (κ3) is 3.57. The number of allylic oxidation sites excluding steroid dienone is 1. The molecular weight excluding hydrogens is 377 g/mol. The number of halogens is 1. The second-order valence-electron chi connectivity index (χ2n) is 9.19. The summed E-state index contributed by atoms with van der Waals surface area (Å²) in [5, 5.41) is 0. The molecule has 1 aromatic carbocycles. The number of carbonyl (C=O) groups excluding carboxylic acids is 1. The number of aromatic nitrogens is 1. The van der Waals surface area contributed by atoms with Crippen molar-refractivity contribution >= 4 is 12.0 Å². The van der Waals surface area contributed by atoms with E-state index in [4.69, 9.17) is 4.74 Å². The van der Waals surface area contributed by atoms with Crippen molar-refractivity contribution < 1.29 is 13.9 Å². The molecule has 3 nitrogen and oxygen atoms in total. The van der Waals surface area contributed by atoms with Crippen LogP contribution in [0.4, 0.5) is 4.39 Å². The standard InChI is InChI=1S/C26H28FNO2/c1-16-25-23(22-8-3-2-5-18(22)14-24(25)26(29)30-16)12-11-21-10-9-19(15-28-21)17-6-4-7-20(27)13-17/h4,6-7,9-13,15-16,18,22-25H,2-3,5,8,14H2,1H3/b12-11+/t16?,18?,22?,23-,24+,25-/m1/s1. The first-order valence-corrected chi connectivity index (χ1v) is 11.2. The number of fused-ring (bicyclic) bond motifs is 2. The van der Waals surface area contributed by atoms with E-state index in [1.807, 2.05) is 18.2 Å². The van der Waals surface area contributed by atoms with E-state index in [0.29, 0.717) is 17.8 Å². The molecule has 4 heteroatoms. The molecule has 0 amide bonds. The highest BCUT2D eigenvalue weighted by atomic mass is 19.1. The zero-order valence-corrected chi connectivity index (χ0v) is 17.3. The summed E-state index contributed by atoms with van der Waals surface area (Å²) in [4.78, 5) is 17.0. The molecule has 3 unspecified atom stereocenters. The summed E-state index contributed by atoms with van der Waals surface area (Å²) in [5.41, 5.74) is 2.62. The minimum atomic E-state index is -0.243. The molecule has 2 aliphatic carbocycles. The summed E-state index contributed by atoms with van der Waals surface area (Å²) in [6, 6.07) is 10.5. The lowest BCUT2D eigenvalue weighted by Crippen LogP contribution is -2.42. The lowest BCUT2D eigenvalue weighted by Gasteiger charge is -2.45. The van der Waals surface area contributed by atoms with Crippen molar-refractivity contribution in [3.63, 3.8) is 0 Å². The summed E-state index contributed by atoms with van der Waals surface area (Å²) in [6.45, 7) is 2.05. The number of carbonyl (C=O) groups is 1. The second kappa shape index (κ2) is 7.98. The number of rotatable bonds is 3. The average molecular weight is 406 g/mol. The van der Waals surface area contributed by atoms with Crippen LogP contribution in [-0.2, 0) is 9.53 Å². The monoisotopic (exact) mass is 405 g/mol. The number of benzene rings is 1. The van der Waals surface area contributed by atoms with E-state index in [1.54, 1.807) is 12.3 Å². The molecule has 0 radical (unpaired) electrons. The Kier molecular flexibility index (Phi) is 5.18. The third-order valence-corrected chi connectivity index (χ3v) is 7.51. The van der Waals surface area contributed by atoms with Gasteiger partial charge in [-0.15, -0.1) is 0 Å². The van der Waals surface area contributed by atoms with Gasteiger partial charge < -0.3 is 4.74 Å². The minimum absolute atomic E-state index is 0.00694. The third-order valence-electron chi connectivity index (χ3n) is 7.51. The molecule has 2 heterocycles.